The van der Waals surface area contributed by atoms with Gasteiger partial charge in [0.15, 0.2) is 11.5 Å². The minimum absolute atomic E-state index is 0.0159. The lowest BCUT2D eigenvalue weighted by atomic mass is 10.3. The molecule has 4 heterocycles. The van der Waals surface area contributed by atoms with E-state index in [1.807, 2.05) is 13.8 Å². The third-order valence-corrected chi connectivity index (χ3v) is 4.61. The number of hydrogen-bond acceptors (Lipinski definition) is 8. The first-order valence-corrected chi connectivity index (χ1v) is 10.2. The number of amides is 1. The van der Waals surface area contributed by atoms with Gasteiger partial charge in [0.2, 0.25) is 12.0 Å². The fraction of sp³-hybridized carbons (Fsp3) is 0.238. The van der Waals surface area contributed by atoms with Gasteiger partial charge in [-0.05, 0) is 38.1 Å². The highest BCUT2D eigenvalue weighted by Crippen LogP contribution is 2.26. The first kappa shape index (κ1) is 21.6. The van der Waals surface area contributed by atoms with Gasteiger partial charge in [-0.2, -0.15) is 9.78 Å². The number of fused-ring (bicyclic) bond motifs is 1. The smallest absolute Gasteiger partial charge is 0.269 e. The highest BCUT2D eigenvalue weighted by Gasteiger charge is 2.25. The van der Waals surface area contributed by atoms with Crippen molar-refractivity contribution in [3.8, 4) is 11.7 Å². The van der Waals surface area contributed by atoms with Gasteiger partial charge in [-0.3, -0.25) is 4.79 Å². The lowest BCUT2D eigenvalue weighted by Gasteiger charge is -2.19. The molecule has 0 saturated carbocycles. The van der Waals surface area contributed by atoms with Crippen LogP contribution < -0.4 is 10.1 Å². The summed E-state index contributed by atoms with van der Waals surface area (Å²) in [6.45, 7) is 3.76. The number of halogens is 1. The van der Waals surface area contributed by atoms with Gasteiger partial charge in [-0.25, -0.2) is 19.9 Å². The Kier molecular flexibility index (Phi) is 6.52. The van der Waals surface area contributed by atoms with Crippen LogP contribution in [0, 0.1) is 0 Å². The van der Waals surface area contributed by atoms with E-state index in [9.17, 15) is 4.79 Å². The molecule has 0 aliphatic heterocycles. The van der Waals surface area contributed by atoms with Crippen LogP contribution in [0.4, 0.5) is 5.82 Å². The van der Waals surface area contributed by atoms with Gasteiger partial charge in [0, 0.05) is 12.4 Å². The van der Waals surface area contributed by atoms with E-state index in [-0.39, 0.29) is 18.6 Å². The van der Waals surface area contributed by atoms with E-state index >= 15 is 0 Å². The Bertz CT molecular complexity index is 1220. The summed E-state index contributed by atoms with van der Waals surface area (Å²) in [5, 5.41) is 7.96. The monoisotopic (exact) mass is 453 g/mol. The predicted octanol–water partition coefficient (Wildman–Crippen LogP) is 3.07. The average Bonchev–Trinajstić information content (AvgIpc) is 3.22. The van der Waals surface area contributed by atoms with Crippen LogP contribution in [-0.2, 0) is 9.53 Å². The van der Waals surface area contributed by atoms with Crippen LogP contribution in [0.25, 0.3) is 16.9 Å². The van der Waals surface area contributed by atoms with Crippen LogP contribution in [0.5, 0.6) is 5.88 Å². The number of carbonyl (C=O) groups excluding carboxylic acids is 1. The lowest BCUT2D eigenvalue weighted by molar-refractivity contribution is -0.126. The first-order valence-electron chi connectivity index (χ1n) is 9.82. The highest BCUT2D eigenvalue weighted by molar-refractivity contribution is 6.32. The molecule has 4 aromatic heterocycles. The number of rotatable bonds is 8. The summed E-state index contributed by atoms with van der Waals surface area (Å²) in [5.41, 5.74) is 0.435. The normalized spacial score (nSPS) is 12.1. The molecule has 0 radical (unpaired) electrons. The number of nitrogens with zero attached hydrogens (tertiary/aromatic N) is 6. The Hall–Kier alpha value is -3.63. The van der Waals surface area contributed by atoms with Crippen LogP contribution in [0.2, 0.25) is 5.02 Å². The molecule has 1 N–H and O–H groups in total. The molecule has 0 aliphatic rings. The predicted molar refractivity (Wildman–Crippen MR) is 118 cm³/mol. The fourth-order valence-corrected chi connectivity index (χ4v) is 3.03. The summed E-state index contributed by atoms with van der Waals surface area (Å²) >= 11 is 6.26. The molecule has 32 heavy (non-hydrogen) atoms. The van der Waals surface area contributed by atoms with Gasteiger partial charge in [0.05, 0.1) is 23.9 Å². The Morgan fingerprint density at radius 3 is 2.72 bits per heavy atom. The van der Waals surface area contributed by atoms with Crippen molar-refractivity contribution >= 4 is 34.4 Å². The minimum atomic E-state index is -0.987. The van der Waals surface area contributed by atoms with Gasteiger partial charge in [-0.1, -0.05) is 17.7 Å². The van der Waals surface area contributed by atoms with Crippen molar-refractivity contribution in [2.75, 3.05) is 11.9 Å². The standard InChI is InChI=1S/C21H20ClN7O3/c1-13(2)31-11-16(20(30)28-17-7-3-4-8-23-17)32-21-14-10-27-29(18(14)25-12-26-21)19-15(22)6-5-9-24-19/h3-10,12-13,16H,11H2,1-2H3,(H,23,28,30)/t16-/m0/s1. The van der Waals surface area contributed by atoms with Crippen molar-refractivity contribution in [3.05, 3.63) is 60.3 Å². The van der Waals surface area contributed by atoms with E-state index in [1.54, 1.807) is 42.7 Å². The third kappa shape index (κ3) is 4.82. The van der Waals surface area contributed by atoms with Crippen LogP contribution >= 0.6 is 11.6 Å². The maximum absolute atomic E-state index is 12.9. The van der Waals surface area contributed by atoms with Crippen molar-refractivity contribution in [2.24, 2.45) is 0 Å². The molecule has 1 amide bonds. The van der Waals surface area contributed by atoms with Gasteiger partial charge >= 0.3 is 0 Å². The van der Waals surface area contributed by atoms with Crippen molar-refractivity contribution in [1.82, 2.24) is 29.7 Å². The third-order valence-electron chi connectivity index (χ3n) is 4.31. The largest absolute Gasteiger partial charge is 0.461 e. The number of carbonyl (C=O) groups is 1. The van der Waals surface area contributed by atoms with Gasteiger partial charge < -0.3 is 14.8 Å². The number of ether oxygens (including phenoxy) is 2. The van der Waals surface area contributed by atoms with Crippen LogP contribution in [0.1, 0.15) is 13.8 Å². The average molecular weight is 454 g/mol. The number of aromatic nitrogens is 6. The van der Waals surface area contributed by atoms with E-state index in [0.29, 0.717) is 27.7 Å². The molecule has 11 heteroatoms. The summed E-state index contributed by atoms with van der Waals surface area (Å²) in [6, 6.07) is 8.64. The van der Waals surface area contributed by atoms with E-state index in [4.69, 9.17) is 21.1 Å². The van der Waals surface area contributed by atoms with Crippen molar-refractivity contribution in [3.63, 3.8) is 0 Å². The molecule has 4 aromatic rings. The zero-order valence-electron chi connectivity index (χ0n) is 17.3. The molecule has 0 fully saturated rings. The van der Waals surface area contributed by atoms with Crippen molar-refractivity contribution in [1.29, 1.82) is 0 Å². The number of anilines is 1. The molecule has 0 spiro atoms. The maximum Gasteiger partial charge on any atom is 0.269 e. The molecule has 0 unspecified atom stereocenters. The molecule has 10 nitrogen and oxygen atoms in total. The van der Waals surface area contributed by atoms with Crippen molar-refractivity contribution < 1.29 is 14.3 Å². The molecule has 0 bridgehead atoms. The molecule has 0 saturated heterocycles. The molecular weight excluding hydrogens is 434 g/mol. The quantitative estimate of drug-likeness (QED) is 0.432. The Balaban J connectivity index is 1.63. The second kappa shape index (κ2) is 9.67. The molecule has 0 aliphatic carbocycles. The van der Waals surface area contributed by atoms with Gasteiger partial charge in [-0.15, -0.1) is 0 Å². The Morgan fingerprint density at radius 1 is 1.12 bits per heavy atom. The maximum atomic E-state index is 12.9. The van der Waals surface area contributed by atoms with Gasteiger partial charge in [0.1, 0.15) is 17.5 Å². The molecule has 0 aromatic carbocycles. The summed E-state index contributed by atoms with van der Waals surface area (Å²) in [5.74, 6) is 0.584. The second-order valence-corrected chi connectivity index (χ2v) is 7.38. The van der Waals surface area contributed by atoms with E-state index < -0.39 is 12.0 Å². The number of hydrogen-bond donors (Lipinski definition) is 1. The number of pyridine rings is 2. The Morgan fingerprint density at radius 2 is 1.97 bits per heavy atom. The zero-order chi connectivity index (χ0) is 22.5. The number of nitrogens with one attached hydrogen (secondary N) is 1. The molecule has 1 atom stereocenters. The van der Waals surface area contributed by atoms with Crippen LogP contribution in [-0.4, -0.2) is 54.4 Å². The summed E-state index contributed by atoms with van der Waals surface area (Å²) in [7, 11) is 0. The summed E-state index contributed by atoms with van der Waals surface area (Å²) in [4.78, 5) is 29.7. The topological polar surface area (TPSA) is 117 Å². The molecule has 4 rings (SSSR count). The fourth-order valence-electron chi connectivity index (χ4n) is 2.83. The van der Waals surface area contributed by atoms with Gasteiger partial charge in [0.25, 0.3) is 5.91 Å². The molecular formula is C21H20ClN7O3. The Labute approximate surface area is 188 Å². The SMILES string of the molecule is CC(C)OC[C@H](Oc1ncnc2c1cnn2-c1ncccc1Cl)C(=O)Nc1ccccn1. The van der Waals surface area contributed by atoms with E-state index in [1.165, 1.54) is 17.2 Å². The highest BCUT2D eigenvalue weighted by atomic mass is 35.5. The minimum Gasteiger partial charge on any atom is -0.461 e. The summed E-state index contributed by atoms with van der Waals surface area (Å²) < 4.78 is 13.1. The van der Waals surface area contributed by atoms with Crippen molar-refractivity contribution in [2.45, 2.75) is 26.1 Å². The lowest BCUT2D eigenvalue weighted by Crippen LogP contribution is -2.38. The zero-order valence-corrected chi connectivity index (χ0v) is 18.1. The van der Waals surface area contributed by atoms with Crippen LogP contribution in [0.15, 0.2) is 55.2 Å². The molecule has 164 valence electrons. The first-order chi connectivity index (χ1) is 15.5. The van der Waals surface area contributed by atoms with E-state index in [2.05, 4.69) is 30.4 Å². The second-order valence-electron chi connectivity index (χ2n) is 6.97. The van der Waals surface area contributed by atoms with Crippen LogP contribution in [0.3, 0.4) is 0 Å². The van der Waals surface area contributed by atoms with E-state index in [0.717, 1.165) is 0 Å². The summed E-state index contributed by atoms with van der Waals surface area (Å²) in [6.07, 6.45) is 4.97.